The summed E-state index contributed by atoms with van der Waals surface area (Å²) in [5.74, 6) is 0.348. The molecular formula is C19H23BrN3O2+. The average Bonchev–Trinajstić information content (AvgIpc) is 2.63. The zero-order chi connectivity index (χ0) is 17.8. The lowest BCUT2D eigenvalue weighted by atomic mass is 10.2. The molecule has 6 heteroatoms. The van der Waals surface area contributed by atoms with E-state index in [1.54, 1.807) is 6.07 Å². The molecule has 1 atom stereocenters. The zero-order valence-electron chi connectivity index (χ0n) is 14.2. The topological polar surface area (TPSA) is 57.0 Å². The van der Waals surface area contributed by atoms with Gasteiger partial charge in [0, 0.05) is 10.2 Å². The molecule has 1 heterocycles. The molecule has 1 saturated heterocycles. The molecule has 2 aromatic carbocycles. The highest BCUT2D eigenvalue weighted by molar-refractivity contribution is 9.10. The Morgan fingerprint density at radius 3 is 2.44 bits per heavy atom. The van der Waals surface area contributed by atoms with Crippen molar-refractivity contribution in [3.63, 3.8) is 0 Å². The van der Waals surface area contributed by atoms with Gasteiger partial charge >= 0.3 is 0 Å². The van der Waals surface area contributed by atoms with Gasteiger partial charge in [-0.3, -0.25) is 4.79 Å². The minimum Gasteiger partial charge on any atom is -0.506 e. The molecule has 5 nitrogen and oxygen atoms in total. The van der Waals surface area contributed by atoms with Crippen LogP contribution in [0.15, 0.2) is 53.0 Å². The van der Waals surface area contributed by atoms with Crippen LogP contribution in [0.4, 0.5) is 11.4 Å². The van der Waals surface area contributed by atoms with Crippen molar-refractivity contribution in [1.29, 1.82) is 0 Å². The molecule has 0 radical (unpaired) electrons. The second-order valence-electron chi connectivity index (χ2n) is 6.35. The third-order valence-electron chi connectivity index (χ3n) is 4.75. The van der Waals surface area contributed by atoms with Crippen molar-refractivity contribution in [3.8, 4) is 5.75 Å². The second-order valence-corrected chi connectivity index (χ2v) is 7.27. The van der Waals surface area contributed by atoms with Crippen LogP contribution in [0.1, 0.15) is 6.92 Å². The molecule has 3 N–H and O–H groups in total. The van der Waals surface area contributed by atoms with Gasteiger partial charge in [0.15, 0.2) is 6.04 Å². The van der Waals surface area contributed by atoms with Crippen LogP contribution in [-0.4, -0.2) is 43.2 Å². The second kappa shape index (κ2) is 7.89. The number of halogens is 1. The molecule has 2 aromatic rings. The summed E-state index contributed by atoms with van der Waals surface area (Å²) in [6, 6.07) is 14.9. The average molecular weight is 405 g/mol. The summed E-state index contributed by atoms with van der Waals surface area (Å²) < 4.78 is 0.990. The number of nitrogens with zero attached hydrogens (tertiary/aromatic N) is 1. The largest absolute Gasteiger partial charge is 0.506 e. The number of rotatable bonds is 4. The molecule has 132 valence electrons. The van der Waals surface area contributed by atoms with E-state index in [0.717, 1.165) is 42.0 Å². The first-order valence-corrected chi connectivity index (χ1v) is 9.28. The summed E-state index contributed by atoms with van der Waals surface area (Å²) in [7, 11) is 0. The van der Waals surface area contributed by atoms with Crippen LogP contribution < -0.4 is 15.1 Å². The van der Waals surface area contributed by atoms with E-state index in [1.807, 2.05) is 49.4 Å². The van der Waals surface area contributed by atoms with Crippen molar-refractivity contribution in [3.05, 3.63) is 53.0 Å². The summed E-state index contributed by atoms with van der Waals surface area (Å²) in [5.41, 5.74) is 1.68. The van der Waals surface area contributed by atoms with Crippen molar-refractivity contribution in [2.75, 3.05) is 36.4 Å². The Morgan fingerprint density at radius 1 is 1.16 bits per heavy atom. The number of benzene rings is 2. The third-order valence-corrected chi connectivity index (χ3v) is 5.27. The van der Waals surface area contributed by atoms with Crippen molar-refractivity contribution in [1.82, 2.24) is 0 Å². The van der Waals surface area contributed by atoms with Crippen LogP contribution in [0, 0.1) is 0 Å². The Kier molecular flexibility index (Phi) is 5.60. The number of hydrogen-bond acceptors (Lipinski definition) is 3. The molecular weight excluding hydrogens is 382 g/mol. The molecule has 3 rings (SSSR count). The van der Waals surface area contributed by atoms with Gasteiger partial charge in [-0.05, 0) is 43.3 Å². The van der Waals surface area contributed by atoms with E-state index in [-0.39, 0.29) is 11.9 Å². The number of phenolic OH excluding ortho intramolecular Hbond substituents is 1. The van der Waals surface area contributed by atoms with Gasteiger partial charge in [-0.15, -0.1) is 0 Å². The number of para-hydroxylation sites is 2. The van der Waals surface area contributed by atoms with Gasteiger partial charge in [0.25, 0.3) is 5.91 Å². The highest BCUT2D eigenvalue weighted by atomic mass is 79.9. The fourth-order valence-electron chi connectivity index (χ4n) is 3.17. The van der Waals surface area contributed by atoms with Gasteiger partial charge < -0.3 is 20.2 Å². The number of phenols is 1. The lowest BCUT2D eigenvalue weighted by molar-refractivity contribution is -0.914. The molecule has 0 aromatic heterocycles. The number of hydrogen-bond donors (Lipinski definition) is 3. The van der Waals surface area contributed by atoms with Gasteiger partial charge in [0.2, 0.25) is 0 Å². The van der Waals surface area contributed by atoms with Gasteiger partial charge in [0.05, 0.1) is 31.9 Å². The maximum Gasteiger partial charge on any atom is 0.282 e. The van der Waals surface area contributed by atoms with Crippen molar-refractivity contribution < 1.29 is 14.8 Å². The SMILES string of the molecule is C[C@H](C(=O)Nc1ccc(Br)cc1)[NH+]1CCN(c2ccccc2O)CC1. The standard InChI is InChI=1S/C19H22BrN3O2/c1-14(19(25)21-16-8-6-15(20)7-9-16)22-10-12-23(13-11-22)17-4-2-3-5-18(17)24/h2-9,14,24H,10-13H2,1H3,(H,21,25)/p+1/t14-/m1/s1. The predicted molar refractivity (Wildman–Crippen MR) is 103 cm³/mol. The Bertz CT molecular complexity index is 728. The molecule has 0 unspecified atom stereocenters. The first kappa shape index (κ1) is 17.8. The highest BCUT2D eigenvalue weighted by Crippen LogP contribution is 2.26. The van der Waals surface area contributed by atoms with Gasteiger partial charge in [-0.25, -0.2) is 0 Å². The van der Waals surface area contributed by atoms with Crippen LogP contribution in [-0.2, 0) is 4.79 Å². The summed E-state index contributed by atoms with van der Waals surface area (Å²) in [4.78, 5) is 15.9. The fourth-order valence-corrected chi connectivity index (χ4v) is 3.43. The Morgan fingerprint density at radius 2 is 1.80 bits per heavy atom. The zero-order valence-corrected chi connectivity index (χ0v) is 15.8. The smallest absolute Gasteiger partial charge is 0.282 e. The van der Waals surface area contributed by atoms with Crippen LogP contribution in [0.2, 0.25) is 0 Å². The minimum absolute atomic E-state index is 0.0355. The van der Waals surface area contributed by atoms with Crippen molar-refractivity contribution in [2.24, 2.45) is 0 Å². The number of piperazine rings is 1. The molecule has 0 spiro atoms. The number of quaternary nitrogens is 1. The molecule has 0 bridgehead atoms. The van der Waals surface area contributed by atoms with E-state index < -0.39 is 0 Å². The summed E-state index contributed by atoms with van der Waals surface area (Å²) in [6.45, 7) is 5.34. The van der Waals surface area contributed by atoms with Crippen LogP contribution >= 0.6 is 15.9 Å². The van der Waals surface area contributed by atoms with E-state index in [1.165, 1.54) is 4.90 Å². The summed E-state index contributed by atoms with van der Waals surface area (Å²) >= 11 is 3.39. The van der Waals surface area contributed by atoms with E-state index in [0.29, 0.717) is 5.75 Å². The third kappa shape index (κ3) is 4.32. The maximum atomic E-state index is 12.5. The lowest BCUT2D eigenvalue weighted by Gasteiger charge is -2.36. The monoisotopic (exact) mass is 404 g/mol. The molecule has 0 aliphatic carbocycles. The van der Waals surface area contributed by atoms with Gasteiger partial charge in [0.1, 0.15) is 5.75 Å². The number of nitrogens with one attached hydrogen (secondary N) is 2. The predicted octanol–water partition coefficient (Wildman–Crippen LogP) is 1.89. The lowest BCUT2D eigenvalue weighted by Crippen LogP contribution is -3.19. The van der Waals surface area contributed by atoms with Crippen LogP contribution in [0.3, 0.4) is 0 Å². The molecule has 1 aliphatic rings. The van der Waals surface area contributed by atoms with Gasteiger partial charge in [-0.2, -0.15) is 0 Å². The van der Waals surface area contributed by atoms with E-state index in [4.69, 9.17) is 0 Å². The molecule has 1 amide bonds. The van der Waals surface area contributed by atoms with Gasteiger partial charge in [-0.1, -0.05) is 28.1 Å². The van der Waals surface area contributed by atoms with E-state index in [2.05, 4.69) is 26.1 Å². The number of anilines is 2. The number of carbonyl (C=O) groups is 1. The quantitative estimate of drug-likeness (QED) is 0.728. The summed E-state index contributed by atoms with van der Waals surface area (Å²) in [5, 5.41) is 13.0. The molecule has 0 saturated carbocycles. The highest BCUT2D eigenvalue weighted by Gasteiger charge is 2.29. The normalized spacial score (nSPS) is 16.5. The number of carbonyl (C=O) groups excluding carboxylic acids is 1. The van der Waals surface area contributed by atoms with E-state index in [9.17, 15) is 9.90 Å². The Balaban J connectivity index is 1.56. The van der Waals surface area contributed by atoms with Crippen molar-refractivity contribution in [2.45, 2.75) is 13.0 Å². The minimum atomic E-state index is -0.116. The first-order chi connectivity index (χ1) is 12.0. The van der Waals surface area contributed by atoms with Crippen LogP contribution in [0.5, 0.6) is 5.75 Å². The maximum absolute atomic E-state index is 12.5. The molecule has 25 heavy (non-hydrogen) atoms. The van der Waals surface area contributed by atoms with Crippen LogP contribution in [0.25, 0.3) is 0 Å². The Hall–Kier alpha value is -2.05. The van der Waals surface area contributed by atoms with Crippen molar-refractivity contribution >= 4 is 33.2 Å². The van der Waals surface area contributed by atoms with E-state index >= 15 is 0 Å². The first-order valence-electron chi connectivity index (χ1n) is 8.48. The summed E-state index contributed by atoms with van der Waals surface area (Å²) in [6.07, 6.45) is 0. The fraction of sp³-hybridized carbons (Fsp3) is 0.316. The molecule has 1 fully saturated rings. The number of amides is 1. The molecule has 1 aliphatic heterocycles. The Labute approximate surface area is 156 Å². The number of aromatic hydroxyl groups is 1.